The Morgan fingerprint density at radius 2 is 2.19 bits per heavy atom. The molecule has 26 heavy (non-hydrogen) atoms. The van der Waals surface area contributed by atoms with Gasteiger partial charge in [0.2, 0.25) is 5.88 Å². The number of ether oxygens (including phenoxy) is 1. The average Bonchev–Trinajstić information content (AvgIpc) is 3.37. The quantitative estimate of drug-likeness (QED) is 0.833. The third-order valence-electron chi connectivity index (χ3n) is 4.60. The van der Waals surface area contributed by atoms with Crippen LogP contribution in [0.3, 0.4) is 0 Å². The van der Waals surface area contributed by atoms with Crippen LogP contribution in [0.15, 0.2) is 35.5 Å². The number of nitrogens with zero attached hydrogens (tertiary/aromatic N) is 2. The summed E-state index contributed by atoms with van der Waals surface area (Å²) in [6.45, 7) is 3.02. The predicted octanol–water partition coefficient (Wildman–Crippen LogP) is 4.10. The van der Waals surface area contributed by atoms with Crippen molar-refractivity contribution in [2.75, 3.05) is 6.61 Å². The minimum Gasteiger partial charge on any atom is -0.477 e. The maximum atomic E-state index is 12.7. The molecule has 5 nitrogen and oxygen atoms in total. The number of amides is 1. The minimum atomic E-state index is -0.276. The molecule has 0 atom stereocenters. The Kier molecular flexibility index (Phi) is 4.64. The normalized spacial score (nSPS) is 15.4. The van der Waals surface area contributed by atoms with Crippen LogP contribution in [-0.2, 0) is 13.0 Å². The fourth-order valence-electron chi connectivity index (χ4n) is 3.01. The molecule has 1 amide bonds. The lowest BCUT2D eigenvalue weighted by atomic mass is 10.1. The number of hydrogen-bond acceptors (Lipinski definition) is 4. The van der Waals surface area contributed by atoms with Gasteiger partial charge in [-0.2, -0.15) is 0 Å². The Bertz CT molecular complexity index is 891. The van der Waals surface area contributed by atoms with Gasteiger partial charge in [-0.15, -0.1) is 0 Å². The summed E-state index contributed by atoms with van der Waals surface area (Å²) in [6.07, 6.45) is 4.77. The van der Waals surface area contributed by atoms with Gasteiger partial charge < -0.3 is 10.1 Å². The van der Waals surface area contributed by atoms with E-state index in [-0.39, 0.29) is 5.91 Å². The van der Waals surface area contributed by atoms with Crippen molar-refractivity contribution in [3.8, 4) is 5.88 Å². The molecule has 2 aliphatic rings. The molecule has 2 heterocycles. The highest BCUT2D eigenvalue weighted by molar-refractivity contribution is 6.34. The van der Waals surface area contributed by atoms with Crippen LogP contribution in [0.4, 0.5) is 5.69 Å². The molecular formula is C20H20ClN3O2. The number of carbonyl (C=O) groups is 1. The van der Waals surface area contributed by atoms with Crippen LogP contribution in [-0.4, -0.2) is 23.2 Å². The largest absolute Gasteiger partial charge is 0.477 e. The number of benzene rings is 1. The SMILES string of the molecule is CC1=Nc2ccc(CNC(=O)c3c(Cl)ccnc3OCC3CC3)cc2C1. The van der Waals surface area contributed by atoms with E-state index in [2.05, 4.69) is 21.4 Å². The lowest BCUT2D eigenvalue weighted by Crippen LogP contribution is -2.24. The number of hydrogen-bond donors (Lipinski definition) is 1. The monoisotopic (exact) mass is 369 g/mol. The molecule has 0 saturated heterocycles. The first-order chi connectivity index (χ1) is 12.6. The van der Waals surface area contributed by atoms with Crippen molar-refractivity contribution >= 4 is 28.9 Å². The number of fused-ring (bicyclic) bond motifs is 1. The first-order valence-corrected chi connectivity index (χ1v) is 9.19. The van der Waals surface area contributed by atoms with Crippen LogP contribution in [0.5, 0.6) is 5.88 Å². The molecule has 0 unspecified atom stereocenters. The summed E-state index contributed by atoms with van der Waals surface area (Å²) >= 11 is 6.23. The summed E-state index contributed by atoms with van der Waals surface area (Å²) in [7, 11) is 0. The molecule has 0 spiro atoms. The first kappa shape index (κ1) is 17.0. The Morgan fingerprint density at radius 1 is 1.35 bits per heavy atom. The maximum absolute atomic E-state index is 12.7. The van der Waals surface area contributed by atoms with E-state index in [1.807, 2.05) is 19.1 Å². The second kappa shape index (κ2) is 7.08. The second-order valence-electron chi connectivity index (χ2n) is 6.90. The van der Waals surface area contributed by atoms with Gasteiger partial charge in [-0.3, -0.25) is 9.79 Å². The van der Waals surface area contributed by atoms with Gasteiger partial charge in [-0.25, -0.2) is 4.98 Å². The molecule has 2 aromatic rings. The molecule has 6 heteroatoms. The van der Waals surface area contributed by atoms with Crippen LogP contribution in [0, 0.1) is 5.92 Å². The van der Waals surface area contributed by atoms with Gasteiger partial charge in [0, 0.05) is 24.9 Å². The molecule has 1 aliphatic heterocycles. The van der Waals surface area contributed by atoms with Crippen molar-refractivity contribution in [2.24, 2.45) is 10.9 Å². The smallest absolute Gasteiger partial charge is 0.258 e. The van der Waals surface area contributed by atoms with Gasteiger partial charge in [-0.05, 0) is 48.9 Å². The summed E-state index contributed by atoms with van der Waals surface area (Å²) in [6, 6.07) is 7.67. The van der Waals surface area contributed by atoms with Gasteiger partial charge in [0.15, 0.2) is 0 Å². The average molecular weight is 370 g/mol. The zero-order chi connectivity index (χ0) is 18.1. The molecule has 1 aliphatic carbocycles. The Labute approximate surface area is 157 Å². The third kappa shape index (κ3) is 3.73. The van der Waals surface area contributed by atoms with Crippen molar-refractivity contribution in [2.45, 2.75) is 32.7 Å². The Hall–Kier alpha value is -2.40. The summed E-state index contributed by atoms with van der Waals surface area (Å²) in [5.41, 5.74) is 4.66. The number of rotatable bonds is 6. The van der Waals surface area contributed by atoms with E-state index in [1.165, 1.54) is 18.4 Å². The van der Waals surface area contributed by atoms with Crippen LogP contribution >= 0.6 is 11.6 Å². The zero-order valence-corrected chi connectivity index (χ0v) is 15.3. The topological polar surface area (TPSA) is 63.6 Å². The van der Waals surface area contributed by atoms with Crippen molar-refractivity contribution < 1.29 is 9.53 Å². The highest BCUT2D eigenvalue weighted by Gasteiger charge is 2.24. The lowest BCUT2D eigenvalue weighted by molar-refractivity contribution is 0.0945. The van der Waals surface area contributed by atoms with Gasteiger partial charge in [-0.1, -0.05) is 23.7 Å². The number of nitrogens with one attached hydrogen (secondary N) is 1. The standard InChI is InChI=1S/C20H20ClN3O2/c1-12-8-15-9-14(4-5-17(15)24-12)10-23-19(25)18-16(21)6-7-22-20(18)26-11-13-2-3-13/h4-7,9,13H,2-3,8,10-11H2,1H3,(H,23,25). The van der Waals surface area contributed by atoms with Gasteiger partial charge >= 0.3 is 0 Å². The van der Waals surface area contributed by atoms with Crippen molar-refractivity contribution in [1.29, 1.82) is 0 Å². The van der Waals surface area contributed by atoms with E-state index in [0.29, 0.717) is 35.5 Å². The minimum absolute atomic E-state index is 0.276. The van der Waals surface area contributed by atoms with E-state index >= 15 is 0 Å². The Balaban J connectivity index is 1.44. The number of aromatic nitrogens is 1. The number of halogens is 1. The molecule has 1 aromatic heterocycles. The van der Waals surface area contributed by atoms with E-state index in [0.717, 1.165) is 23.4 Å². The van der Waals surface area contributed by atoms with Crippen molar-refractivity contribution in [3.05, 3.63) is 52.2 Å². The fourth-order valence-corrected chi connectivity index (χ4v) is 3.23. The highest BCUT2D eigenvalue weighted by atomic mass is 35.5. The van der Waals surface area contributed by atoms with Gasteiger partial charge in [0.25, 0.3) is 5.91 Å². The summed E-state index contributed by atoms with van der Waals surface area (Å²) in [5.74, 6) is 0.602. The van der Waals surface area contributed by atoms with Crippen LogP contribution in [0.2, 0.25) is 5.02 Å². The van der Waals surface area contributed by atoms with E-state index in [4.69, 9.17) is 16.3 Å². The molecule has 134 valence electrons. The third-order valence-corrected chi connectivity index (χ3v) is 4.91. The highest BCUT2D eigenvalue weighted by Crippen LogP contribution is 2.31. The molecule has 4 rings (SSSR count). The molecular weight excluding hydrogens is 350 g/mol. The first-order valence-electron chi connectivity index (χ1n) is 8.81. The zero-order valence-electron chi connectivity index (χ0n) is 14.6. The van der Waals surface area contributed by atoms with Gasteiger partial charge in [0.05, 0.1) is 17.3 Å². The van der Waals surface area contributed by atoms with Crippen molar-refractivity contribution in [3.63, 3.8) is 0 Å². The molecule has 1 saturated carbocycles. The molecule has 1 fully saturated rings. The maximum Gasteiger partial charge on any atom is 0.258 e. The van der Waals surface area contributed by atoms with Crippen LogP contribution in [0.1, 0.15) is 41.3 Å². The summed E-state index contributed by atoms with van der Waals surface area (Å²) < 4.78 is 5.72. The Morgan fingerprint density at radius 3 is 3.00 bits per heavy atom. The number of pyridine rings is 1. The van der Waals surface area contributed by atoms with Crippen LogP contribution < -0.4 is 10.1 Å². The van der Waals surface area contributed by atoms with E-state index < -0.39 is 0 Å². The predicted molar refractivity (Wildman–Crippen MR) is 102 cm³/mol. The summed E-state index contributed by atoms with van der Waals surface area (Å²) in [5, 5.41) is 3.27. The number of carbonyl (C=O) groups excluding carboxylic acids is 1. The second-order valence-corrected chi connectivity index (χ2v) is 7.30. The molecule has 1 aromatic carbocycles. The van der Waals surface area contributed by atoms with E-state index in [9.17, 15) is 4.79 Å². The fraction of sp³-hybridized carbons (Fsp3) is 0.350. The summed E-state index contributed by atoms with van der Waals surface area (Å²) in [4.78, 5) is 21.3. The number of aliphatic imine (C=N–C) groups is 1. The molecule has 0 radical (unpaired) electrons. The van der Waals surface area contributed by atoms with Crippen molar-refractivity contribution in [1.82, 2.24) is 10.3 Å². The lowest BCUT2D eigenvalue weighted by Gasteiger charge is -2.12. The molecule has 0 bridgehead atoms. The van der Waals surface area contributed by atoms with Crippen LogP contribution in [0.25, 0.3) is 0 Å². The van der Waals surface area contributed by atoms with E-state index in [1.54, 1.807) is 12.3 Å². The molecule has 1 N–H and O–H groups in total. The van der Waals surface area contributed by atoms with Gasteiger partial charge in [0.1, 0.15) is 5.56 Å².